The van der Waals surface area contributed by atoms with Crippen molar-refractivity contribution in [1.82, 2.24) is 5.32 Å². The molecule has 1 rings (SSSR count). The van der Waals surface area contributed by atoms with Crippen LogP contribution < -0.4 is 14.8 Å². The van der Waals surface area contributed by atoms with E-state index >= 15 is 0 Å². The summed E-state index contributed by atoms with van der Waals surface area (Å²) in [4.78, 5) is 12.2. The number of rotatable bonds is 8. The van der Waals surface area contributed by atoms with E-state index in [4.69, 9.17) is 14.6 Å². The predicted octanol–water partition coefficient (Wildman–Crippen LogP) is 1.93. The molecule has 0 aliphatic carbocycles. The Morgan fingerprint density at radius 2 is 2.14 bits per heavy atom. The van der Waals surface area contributed by atoms with Crippen LogP contribution in [0.25, 0.3) is 0 Å². The SMILES string of the molecule is C=CCc1cc(C(=O)N[C@@H](C)CCO)cc(OC)c1OC. The Morgan fingerprint density at radius 3 is 2.67 bits per heavy atom. The van der Waals surface area contributed by atoms with Gasteiger partial charge in [0, 0.05) is 23.8 Å². The normalized spacial score (nSPS) is 11.6. The van der Waals surface area contributed by atoms with Gasteiger partial charge < -0.3 is 19.9 Å². The van der Waals surface area contributed by atoms with Crippen LogP contribution in [0.2, 0.25) is 0 Å². The van der Waals surface area contributed by atoms with Gasteiger partial charge in [-0.15, -0.1) is 6.58 Å². The lowest BCUT2D eigenvalue weighted by atomic mass is 10.0. The maximum absolute atomic E-state index is 12.2. The van der Waals surface area contributed by atoms with Gasteiger partial charge in [0.05, 0.1) is 14.2 Å². The van der Waals surface area contributed by atoms with Crippen molar-refractivity contribution in [2.75, 3.05) is 20.8 Å². The first-order valence-corrected chi connectivity index (χ1v) is 6.84. The number of carbonyl (C=O) groups excluding carboxylic acids is 1. The fraction of sp³-hybridized carbons (Fsp3) is 0.438. The molecule has 0 saturated carbocycles. The van der Waals surface area contributed by atoms with Crippen molar-refractivity contribution >= 4 is 5.91 Å². The molecule has 0 aromatic heterocycles. The number of carbonyl (C=O) groups is 1. The summed E-state index contributed by atoms with van der Waals surface area (Å²) in [5.74, 6) is 0.913. The van der Waals surface area contributed by atoms with Crippen LogP contribution >= 0.6 is 0 Å². The lowest BCUT2D eigenvalue weighted by molar-refractivity contribution is 0.0934. The average molecular weight is 293 g/mol. The van der Waals surface area contributed by atoms with Crippen LogP contribution in [0.1, 0.15) is 29.3 Å². The van der Waals surface area contributed by atoms with E-state index in [0.717, 1.165) is 5.56 Å². The zero-order chi connectivity index (χ0) is 15.8. The van der Waals surface area contributed by atoms with Gasteiger partial charge in [-0.1, -0.05) is 6.08 Å². The minimum atomic E-state index is -0.206. The average Bonchev–Trinajstić information content (AvgIpc) is 2.46. The topological polar surface area (TPSA) is 67.8 Å². The molecular weight excluding hydrogens is 270 g/mol. The molecule has 1 aromatic carbocycles. The minimum absolute atomic E-state index is 0.0368. The molecule has 0 spiro atoms. The van der Waals surface area contributed by atoms with E-state index in [9.17, 15) is 4.79 Å². The molecule has 116 valence electrons. The lowest BCUT2D eigenvalue weighted by Gasteiger charge is -2.16. The van der Waals surface area contributed by atoms with Crippen molar-refractivity contribution in [3.8, 4) is 11.5 Å². The number of ether oxygens (including phenoxy) is 2. The predicted molar refractivity (Wildman–Crippen MR) is 82.1 cm³/mol. The maximum atomic E-state index is 12.2. The summed E-state index contributed by atoms with van der Waals surface area (Å²) in [6.07, 6.45) is 2.83. The number of amides is 1. The van der Waals surface area contributed by atoms with Crippen LogP contribution in [-0.4, -0.2) is 37.9 Å². The number of benzene rings is 1. The number of hydrogen-bond donors (Lipinski definition) is 2. The van der Waals surface area contributed by atoms with Crippen LogP contribution in [-0.2, 0) is 6.42 Å². The Labute approximate surface area is 125 Å². The van der Waals surface area contributed by atoms with Gasteiger partial charge in [0.1, 0.15) is 0 Å². The second kappa shape index (κ2) is 8.32. The van der Waals surface area contributed by atoms with E-state index in [0.29, 0.717) is 29.9 Å². The summed E-state index contributed by atoms with van der Waals surface area (Å²) < 4.78 is 10.6. The molecular formula is C16H23NO4. The summed E-state index contributed by atoms with van der Waals surface area (Å²) in [5.41, 5.74) is 1.33. The Kier molecular flexibility index (Phi) is 6.75. The van der Waals surface area contributed by atoms with Gasteiger partial charge >= 0.3 is 0 Å². The number of methoxy groups -OCH3 is 2. The first-order chi connectivity index (χ1) is 10.1. The van der Waals surface area contributed by atoms with E-state index in [-0.39, 0.29) is 18.6 Å². The van der Waals surface area contributed by atoms with Crippen molar-refractivity contribution < 1.29 is 19.4 Å². The number of aliphatic hydroxyl groups is 1. The largest absolute Gasteiger partial charge is 0.493 e. The van der Waals surface area contributed by atoms with Gasteiger partial charge in [-0.25, -0.2) is 0 Å². The van der Waals surface area contributed by atoms with Crippen molar-refractivity contribution in [2.24, 2.45) is 0 Å². The van der Waals surface area contributed by atoms with E-state index in [2.05, 4.69) is 11.9 Å². The van der Waals surface area contributed by atoms with Crippen LogP contribution in [0.3, 0.4) is 0 Å². The second-order valence-corrected chi connectivity index (χ2v) is 4.75. The number of allylic oxidation sites excluding steroid dienone is 1. The van der Waals surface area contributed by atoms with Crippen molar-refractivity contribution in [3.63, 3.8) is 0 Å². The minimum Gasteiger partial charge on any atom is -0.493 e. The Hall–Kier alpha value is -2.01. The molecule has 0 heterocycles. The second-order valence-electron chi connectivity index (χ2n) is 4.75. The Balaban J connectivity index is 3.09. The number of nitrogens with one attached hydrogen (secondary N) is 1. The molecule has 0 bridgehead atoms. The highest BCUT2D eigenvalue weighted by Gasteiger charge is 2.16. The Bertz CT molecular complexity index is 499. The van der Waals surface area contributed by atoms with Crippen molar-refractivity contribution in [1.29, 1.82) is 0 Å². The highest BCUT2D eigenvalue weighted by Crippen LogP contribution is 2.33. The lowest BCUT2D eigenvalue weighted by Crippen LogP contribution is -2.33. The fourth-order valence-corrected chi connectivity index (χ4v) is 2.05. The quantitative estimate of drug-likeness (QED) is 0.719. The zero-order valence-corrected chi connectivity index (χ0v) is 12.8. The first kappa shape index (κ1) is 17.0. The molecule has 0 fully saturated rings. The van der Waals surface area contributed by atoms with Gasteiger partial charge in [-0.3, -0.25) is 4.79 Å². The molecule has 1 aromatic rings. The molecule has 5 nitrogen and oxygen atoms in total. The van der Waals surface area contributed by atoms with Crippen LogP contribution in [0.5, 0.6) is 11.5 Å². The van der Waals surface area contributed by atoms with Crippen LogP contribution in [0.15, 0.2) is 24.8 Å². The molecule has 0 radical (unpaired) electrons. The van der Waals surface area contributed by atoms with E-state index in [1.54, 1.807) is 25.3 Å². The van der Waals surface area contributed by atoms with Gasteiger partial charge in [-0.05, 0) is 31.9 Å². The number of aliphatic hydroxyl groups excluding tert-OH is 1. The van der Waals surface area contributed by atoms with Gasteiger partial charge in [0.2, 0.25) is 0 Å². The smallest absolute Gasteiger partial charge is 0.251 e. The molecule has 1 amide bonds. The summed E-state index contributed by atoms with van der Waals surface area (Å²) in [6.45, 7) is 5.59. The standard InChI is InChI=1S/C16H23NO4/c1-5-6-12-9-13(10-14(20-3)15(12)21-4)16(19)17-11(2)7-8-18/h5,9-11,18H,1,6-8H2,2-4H3,(H,17,19)/t11-/m0/s1. The van der Waals surface area contributed by atoms with Gasteiger partial charge in [0.15, 0.2) is 11.5 Å². The third-order valence-corrected chi connectivity index (χ3v) is 3.12. The molecule has 2 N–H and O–H groups in total. The third kappa shape index (κ3) is 4.49. The molecule has 21 heavy (non-hydrogen) atoms. The highest BCUT2D eigenvalue weighted by molar-refractivity contribution is 5.95. The van der Waals surface area contributed by atoms with Crippen molar-refractivity contribution in [3.05, 3.63) is 35.9 Å². The first-order valence-electron chi connectivity index (χ1n) is 6.84. The summed E-state index contributed by atoms with van der Waals surface area (Å²) >= 11 is 0. The molecule has 0 saturated heterocycles. The van der Waals surface area contributed by atoms with E-state index in [1.807, 2.05) is 6.92 Å². The summed E-state index contributed by atoms with van der Waals surface area (Å²) in [7, 11) is 3.10. The van der Waals surface area contributed by atoms with E-state index in [1.165, 1.54) is 7.11 Å². The monoisotopic (exact) mass is 293 g/mol. The molecule has 5 heteroatoms. The molecule has 0 aliphatic heterocycles. The molecule has 1 atom stereocenters. The fourth-order valence-electron chi connectivity index (χ4n) is 2.05. The van der Waals surface area contributed by atoms with Crippen molar-refractivity contribution in [2.45, 2.75) is 25.8 Å². The molecule has 0 aliphatic rings. The van der Waals surface area contributed by atoms with E-state index < -0.39 is 0 Å². The highest BCUT2D eigenvalue weighted by atomic mass is 16.5. The van der Waals surface area contributed by atoms with Gasteiger partial charge in [0.25, 0.3) is 5.91 Å². The molecule has 0 unspecified atom stereocenters. The maximum Gasteiger partial charge on any atom is 0.251 e. The van der Waals surface area contributed by atoms with Gasteiger partial charge in [-0.2, -0.15) is 0 Å². The summed E-state index contributed by atoms with van der Waals surface area (Å²) in [6, 6.07) is 3.31. The number of hydrogen-bond acceptors (Lipinski definition) is 4. The summed E-state index contributed by atoms with van der Waals surface area (Å²) in [5, 5.41) is 11.7. The van der Waals surface area contributed by atoms with Crippen LogP contribution in [0.4, 0.5) is 0 Å². The third-order valence-electron chi connectivity index (χ3n) is 3.12. The Morgan fingerprint density at radius 1 is 1.43 bits per heavy atom. The zero-order valence-electron chi connectivity index (χ0n) is 12.8. The van der Waals surface area contributed by atoms with Crippen LogP contribution in [0, 0.1) is 0 Å².